The number of pyridine rings is 1. The Hall–Kier alpha value is -2.83. The predicted octanol–water partition coefficient (Wildman–Crippen LogP) is 1.59. The zero-order chi connectivity index (χ0) is 17.6. The van der Waals surface area contributed by atoms with Crippen LogP contribution in [0.2, 0.25) is 0 Å². The molecular formula is C18H20N4O3. The van der Waals surface area contributed by atoms with Crippen LogP contribution < -0.4 is 10.4 Å². The summed E-state index contributed by atoms with van der Waals surface area (Å²) in [7, 11) is 1.59. The minimum absolute atomic E-state index is 0.0224. The summed E-state index contributed by atoms with van der Waals surface area (Å²) in [5.74, 6) is 0.619. The van der Waals surface area contributed by atoms with Crippen molar-refractivity contribution in [2.24, 2.45) is 0 Å². The van der Waals surface area contributed by atoms with Crippen LogP contribution in [0.1, 0.15) is 18.4 Å². The fourth-order valence-corrected chi connectivity index (χ4v) is 3.44. The van der Waals surface area contributed by atoms with Crippen LogP contribution in [-0.2, 0) is 11.3 Å². The van der Waals surface area contributed by atoms with Crippen molar-refractivity contribution >= 4 is 22.5 Å². The molecule has 3 aromatic rings. The van der Waals surface area contributed by atoms with E-state index in [0.29, 0.717) is 11.4 Å². The lowest BCUT2D eigenvalue weighted by molar-refractivity contribution is -0.131. The minimum atomic E-state index is -0.301. The van der Waals surface area contributed by atoms with Gasteiger partial charge in [-0.25, -0.2) is 13.9 Å². The molecule has 0 atom stereocenters. The Labute approximate surface area is 144 Å². The van der Waals surface area contributed by atoms with Crippen molar-refractivity contribution < 1.29 is 9.53 Å². The largest absolute Gasteiger partial charge is 0.497 e. The number of ether oxygens (including phenoxy) is 1. The molecule has 0 unspecified atom stereocenters. The van der Waals surface area contributed by atoms with Gasteiger partial charge in [-0.1, -0.05) is 0 Å². The van der Waals surface area contributed by atoms with E-state index in [0.717, 1.165) is 42.4 Å². The molecule has 1 saturated heterocycles. The number of hydrogen-bond donors (Lipinski definition) is 0. The number of fused-ring (bicyclic) bond motifs is 3. The third-order valence-electron chi connectivity index (χ3n) is 4.79. The molecule has 1 aromatic carbocycles. The van der Waals surface area contributed by atoms with Crippen molar-refractivity contribution in [3.05, 3.63) is 40.3 Å². The van der Waals surface area contributed by atoms with Crippen LogP contribution in [0, 0.1) is 6.92 Å². The topological polar surface area (TPSA) is 68.8 Å². The second-order valence-electron chi connectivity index (χ2n) is 6.44. The van der Waals surface area contributed by atoms with Gasteiger partial charge in [0.05, 0.1) is 12.6 Å². The molecule has 0 bridgehead atoms. The van der Waals surface area contributed by atoms with Crippen LogP contribution in [0.5, 0.6) is 5.75 Å². The highest BCUT2D eigenvalue weighted by molar-refractivity contribution is 5.84. The van der Waals surface area contributed by atoms with E-state index in [1.54, 1.807) is 16.4 Å². The van der Waals surface area contributed by atoms with Gasteiger partial charge in [-0.3, -0.25) is 4.79 Å². The Morgan fingerprint density at radius 1 is 1.24 bits per heavy atom. The molecule has 1 fully saturated rings. The molecule has 1 amide bonds. The lowest BCUT2D eigenvalue weighted by Gasteiger charge is -2.14. The average Bonchev–Trinajstić information content (AvgIpc) is 3.25. The average molecular weight is 340 g/mol. The Kier molecular flexibility index (Phi) is 3.71. The quantitative estimate of drug-likeness (QED) is 0.726. The van der Waals surface area contributed by atoms with Gasteiger partial charge in [-0.05, 0) is 48.9 Å². The van der Waals surface area contributed by atoms with Gasteiger partial charge in [0.2, 0.25) is 5.91 Å². The van der Waals surface area contributed by atoms with Crippen LogP contribution >= 0.6 is 0 Å². The van der Waals surface area contributed by atoms with Crippen LogP contribution in [0.15, 0.2) is 29.1 Å². The molecular weight excluding hydrogens is 320 g/mol. The summed E-state index contributed by atoms with van der Waals surface area (Å²) >= 11 is 0. The van der Waals surface area contributed by atoms with Crippen LogP contribution in [0.25, 0.3) is 16.6 Å². The minimum Gasteiger partial charge on any atom is -0.497 e. The highest BCUT2D eigenvalue weighted by atomic mass is 16.5. The van der Waals surface area contributed by atoms with Crippen LogP contribution in [0.4, 0.5) is 0 Å². The number of aromatic nitrogens is 3. The second-order valence-corrected chi connectivity index (χ2v) is 6.44. The summed E-state index contributed by atoms with van der Waals surface area (Å²) in [6.07, 6.45) is 2.05. The number of benzene rings is 1. The zero-order valence-electron chi connectivity index (χ0n) is 14.4. The molecule has 2 aromatic heterocycles. The van der Waals surface area contributed by atoms with Crippen LogP contribution in [-0.4, -0.2) is 45.2 Å². The molecule has 3 heterocycles. The number of likely N-dealkylation sites (tertiary alicyclic amines) is 1. The molecule has 7 heteroatoms. The van der Waals surface area contributed by atoms with E-state index in [4.69, 9.17) is 4.74 Å². The molecule has 25 heavy (non-hydrogen) atoms. The molecule has 4 rings (SSSR count). The molecule has 1 aliphatic heterocycles. The highest BCUT2D eigenvalue weighted by Crippen LogP contribution is 2.23. The smallest absolute Gasteiger partial charge is 0.351 e. The number of nitrogens with zero attached hydrogens (tertiary/aromatic N) is 4. The van der Waals surface area contributed by atoms with E-state index < -0.39 is 0 Å². The third kappa shape index (κ3) is 2.56. The lowest BCUT2D eigenvalue weighted by atomic mass is 10.1. The molecule has 0 N–H and O–H groups in total. The van der Waals surface area contributed by atoms with Gasteiger partial charge in [-0.15, -0.1) is 5.10 Å². The molecule has 7 nitrogen and oxygen atoms in total. The van der Waals surface area contributed by atoms with Crippen molar-refractivity contribution in [1.29, 1.82) is 0 Å². The Morgan fingerprint density at radius 2 is 2.00 bits per heavy atom. The highest BCUT2D eigenvalue weighted by Gasteiger charge is 2.21. The Balaban J connectivity index is 1.85. The molecule has 0 saturated carbocycles. The molecule has 0 radical (unpaired) electrons. The second kappa shape index (κ2) is 5.91. The third-order valence-corrected chi connectivity index (χ3v) is 4.79. The van der Waals surface area contributed by atoms with E-state index >= 15 is 0 Å². The number of rotatable bonds is 3. The number of aryl methyl sites for hydroxylation is 1. The number of methoxy groups -OCH3 is 1. The first-order chi connectivity index (χ1) is 12.1. The number of carbonyl (C=O) groups excluding carboxylic acids is 1. The maximum atomic E-state index is 12.9. The van der Waals surface area contributed by atoms with Crippen molar-refractivity contribution in [1.82, 2.24) is 19.1 Å². The first-order valence-corrected chi connectivity index (χ1v) is 8.43. The summed E-state index contributed by atoms with van der Waals surface area (Å²) in [6.45, 7) is 3.42. The van der Waals surface area contributed by atoms with E-state index in [1.165, 1.54) is 4.68 Å². The summed E-state index contributed by atoms with van der Waals surface area (Å²) in [5.41, 5.74) is 1.89. The zero-order valence-corrected chi connectivity index (χ0v) is 14.4. The fourth-order valence-electron chi connectivity index (χ4n) is 3.44. The maximum absolute atomic E-state index is 12.9. The Bertz CT molecular complexity index is 1030. The van der Waals surface area contributed by atoms with Crippen molar-refractivity contribution in [2.45, 2.75) is 26.3 Å². The summed E-state index contributed by atoms with van der Waals surface area (Å²) in [4.78, 5) is 27.1. The Morgan fingerprint density at radius 3 is 2.72 bits per heavy atom. The first-order valence-electron chi connectivity index (χ1n) is 8.43. The van der Waals surface area contributed by atoms with Crippen molar-refractivity contribution in [3.8, 4) is 5.75 Å². The fraction of sp³-hybridized carbons (Fsp3) is 0.389. The standard InChI is InChI=1S/C18H20N4O3/c1-12-9-13-5-6-14(25-2)10-15(13)22-17(12)19-21(18(22)24)11-16(23)20-7-3-4-8-20/h5-6,9-10H,3-4,7-8,11H2,1-2H3. The van der Waals surface area contributed by atoms with E-state index in [2.05, 4.69) is 5.10 Å². The first kappa shape index (κ1) is 15.7. The van der Waals surface area contributed by atoms with E-state index in [1.807, 2.05) is 31.2 Å². The van der Waals surface area contributed by atoms with Gasteiger partial charge in [0, 0.05) is 19.2 Å². The van der Waals surface area contributed by atoms with Gasteiger partial charge < -0.3 is 9.64 Å². The van der Waals surface area contributed by atoms with E-state index in [9.17, 15) is 9.59 Å². The summed E-state index contributed by atoms with van der Waals surface area (Å²) < 4.78 is 8.10. The number of hydrogen-bond acceptors (Lipinski definition) is 4. The monoisotopic (exact) mass is 340 g/mol. The van der Waals surface area contributed by atoms with Crippen molar-refractivity contribution in [2.75, 3.05) is 20.2 Å². The SMILES string of the molecule is COc1ccc2cc(C)c3nn(CC(=O)N4CCCC4)c(=O)n3c2c1. The number of carbonyl (C=O) groups is 1. The van der Waals surface area contributed by atoms with Gasteiger partial charge in [-0.2, -0.15) is 0 Å². The molecule has 130 valence electrons. The van der Waals surface area contributed by atoms with Gasteiger partial charge >= 0.3 is 5.69 Å². The molecule has 1 aliphatic rings. The maximum Gasteiger partial charge on any atom is 0.351 e. The van der Waals surface area contributed by atoms with Gasteiger partial charge in [0.25, 0.3) is 0 Å². The lowest BCUT2D eigenvalue weighted by Crippen LogP contribution is -2.34. The van der Waals surface area contributed by atoms with Gasteiger partial charge in [0.1, 0.15) is 12.3 Å². The van der Waals surface area contributed by atoms with Crippen molar-refractivity contribution in [3.63, 3.8) is 0 Å². The number of amides is 1. The molecule has 0 aliphatic carbocycles. The summed E-state index contributed by atoms with van der Waals surface area (Å²) in [6, 6.07) is 7.58. The molecule has 0 spiro atoms. The normalized spacial score (nSPS) is 14.6. The summed E-state index contributed by atoms with van der Waals surface area (Å²) in [5, 5.41) is 5.34. The van der Waals surface area contributed by atoms with Gasteiger partial charge in [0.15, 0.2) is 5.65 Å². The van der Waals surface area contributed by atoms with E-state index in [-0.39, 0.29) is 18.1 Å². The predicted molar refractivity (Wildman–Crippen MR) is 94.1 cm³/mol. The van der Waals surface area contributed by atoms with Crippen LogP contribution in [0.3, 0.4) is 0 Å².